The van der Waals surface area contributed by atoms with Crippen LogP contribution in [0.5, 0.6) is 0 Å². The van der Waals surface area contributed by atoms with E-state index in [9.17, 15) is 15.0 Å². The van der Waals surface area contributed by atoms with Crippen molar-refractivity contribution in [2.45, 2.75) is 75.8 Å². The Hall–Kier alpha value is -1.51. The summed E-state index contributed by atoms with van der Waals surface area (Å²) < 4.78 is 12.6. The minimum atomic E-state index is -1.09. The third kappa shape index (κ3) is 3.57. The van der Waals surface area contributed by atoms with Crippen LogP contribution in [0.15, 0.2) is 30.3 Å². The van der Waals surface area contributed by atoms with E-state index in [-0.39, 0.29) is 12.5 Å². The fourth-order valence-corrected chi connectivity index (χ4v) is 4.10. The van der Waals surface area contributed by atoms with E-state index in [4.69, 9.17) is 9.47 Å². The zero-order chi connectivity index (χ0) is 20.7. The molecule has 0 saturated carbocycles. The van der Waals surface area contributed by atoms with Crippen LogP contribution in [0.1, 0.15) is 33.3 Å². The molecule has 7 heteroatoms. The molecule has 3 rings (SSSR count). The van der Waals surface area contributed by atoms with Crippen molar-refractivity contribution in [3.63, 3.8) is 0 Å². The van der Waals surface area contributed by atoms with Crippen LogP contribution in [-0.2, 0) is 20.8 Å². The second kappa shape index (κ2) is 7.72. The first kappa shape index (κ1) is 21.2. The molecule has 2 fully saturated rings. The van der Waals surface area contributed by atoms with Gasteiger partial charge < -0.3 is 25.0 Å². The number of aliphatic hydroxyl groups is 2. The summed E-state index contributed by atoms with van der Waals surface area (Å²) >= 11 is 0. The molecule has 0 spiro atoms. The van der Waals surface area contributed by atoms with E-state index >= 15 is 0 Å². The Morgan fingerprint density at radius 3 is 2.21 bits per heavy atom. The highest BCUT2D eigenvalue weighted by Crippen LogP contribution is 2.43. The number of piperidine rings is 1. The van der Waals surface area contributed by atoms with E-state index < -0.39 is 41.6 Å². The van der Waals surface area contributed by atoms with E-state index in [1.807, 2.05) is 62.9 Å². The van der Waals surface area contributed by atoms with Gasteiger partial charge in [0.15, 0.2) is 0 Å². The quantitative estimate of drug-likeness (QED) is 0.698. The number of likely N-dealkylation sites (N-methyl/N-ethyl adjacent to an activating group) is 1. The number of aliphatic hydroxyl groups excluding tert-OH is 2. The summed E-state index contributed by atoms with van der Waals surface area (Å²) in [4.78, 5) is 14.5. The number of nitrogens with zero attached hydrogens (tertiary/aromatic N) is 1. The van der Waals surface area contributed by atoms with Gasteiger partial charge in [0.2, 0.25) is 5.91 Å². The number of rotatable bonds is 4. The van der Waals surface area contributed by atoms with E-state index in [1.54, 1.807) is 7.05 Å². The first-order valence-electron chi connectivity index (χ1n) is 9.79. The third-order valence-corrected chi connectivity index (χ3v) is 6.37. The zero-order valence-electron chi connectivity index (χ0n) is 17.3. The molecule has 2 aliphatic heterocycles. The molecule has 0 aliphatic carbocycles. The zero-order valence-corrected chi connectivity index (χ0v) is 17.3. The molecule has 0 radical (unpaired) electrons. The van der Waals surface area contributed by atoms with Gasteiger partial charge in [-0.3, -0.25) is 9.69 Å². The van der Waals surface area contributed by atoms with Gasteiger partial charge in [-0.15, -0.1) is 0 Å². The van der Waals surface area contributed by atoms with Crippen molar-refractivity contribution >= 4 is 5.91 Å². The molecule has 1 aromatic rings. The molecule has 7 nitrogen and oxygen atoms in total. The summed E-state index contributed by atoms with van der Waals surface area (Å²) in [5, 5.41) is 24.0. The van der Waals surface area contributed by atoms with Crippen LogP contribution < -0.4 is 5.32 Å². The van der Waals surface area contributed by atoms with Crippen LogP contribution in [0, 0.1) is 0 Å². The van der Waals surface area contributed by atoms with Crippen molar-refractivity contribution in [2.75, 3.05) is 13.7 Å². The molecule has 1 aromatic carbocycles. The van der Waals surface area contributed by atoms with E-state index in [1.165, 1.54) is 0 Å². The largest absolute Gasteiger partial charge is 0.395 e. The molecule has 5 atom stereocenters. The summed E-state index contributed by atoms with van der Waals surface area (Å²) in [5.74, 6) is -0.313. The Kier molecular flexibility index (Phi) is 5.85. The summed E-state index contributed by atoms with van der Waals surface area (Å²) in [6.45, 7) is 7.89. The first-order chi connectivity index (χ1) is 13.1. The van der Waals surface area contributed by atoms with Gasteiger partial charge in [-0.25, -0.2) is 0 Å². The maximum Gasteiger partial charge on any atom is 0.239 e. The van der Waals surface area contributed by atoms with Gasteiger partial charge in [0, 0.05) is 13.6 Å². The van der Waals surface area contributed by atoms with Gasteiger partial charge in [-0.1, -0.05) is 30.3 Å². The SMILES string of the molecule is CNC(=O)[C@@H]1[C@@H](O)[C@H]2OC(C)(C)C(C)(C)O[C@@H]2[C@@H](CO)N1Cc1ccccc1. The second-order valence-corrected chi connectivity index (χ2v) is 8.64. The molecule has 0 unspecified atom stereocenters. The topological polar surface area (TPSA) is 91.3 Å². The van der Waals surface area contributed by atoms with Gasteiger partial charge in [0.05, 0.1) is 23.9 Å². The van der Waals surface area contributed by atoms with Gasteiger partial charge >= 0.3 is 0 Å². The fraction of sp³-hybridized carbons (Fsp3) is 0.667. The third-order valence-electron chi connectivity index (χ3n) is 6.37. The normalized spacial score (nSPS) is 34.5. The molecule has 156 valence electrons. The van der Waals surface area contributed by atoms with Crippen LogP contribution >= 0.6 is 0 Å². The lowest BCUT2D eigenvalue weighted by atomic mass is 9.80. The van der Waals surface area contributed by atoms with Crippen molar-refractivity contribution in [1.29, 1.82) is 0 Å². The lowest BCUT2D eigenvalue weighted by Gasteiger charge is -2.59. The number of ether oxygens (including phenoxy) is 2. The van der Waals surface area contributed by atoms with Crippen molar-refractivity contribution in [2.24, 2.45) is 0 Å². The Labute approximate surface area is 166 Å². The fourth-order valence-electron chi connectivity index (χ4n) is 4.10. The van der Waals surface area contributed by atoms with Crippen molar-refractivity contribution < 1.29 is 24.5 Å². The van der Waals surface area contributed by atoms with Gasteiger partial charge in [0.25, 0.3) is 0 Å². The van der Waals surface area contributed by atoms with Crippen LogP contribution in [-0.4, -0.2) is 76.3 Å². The summed E-state index contributed by atoms with van der Waals surface area (Å²) in [5.41, 5.74) is -0.305. The lowest BCUT2D eigenvalue weighted by Crippen LogP contribution is -2.76. The van der Waals surface area contributed by atoms with Crippen LogP contribution in [0.25, 0.3) is 0 Å². The molecule has 0 aromatic heterocycles. The summed E-state index contributed by atoms with van der Waals surface area (Å²) in [7, 11) is 1.54. The maximum absolute atomic E-state index is 12.7. The van der Waals surface area contributed by atoms with E-state index in [2.05, 4.69) is 5.32 Å². The Bertz CT molecular complexity index is 693. The molecular weight excluding hydrogens is 360 g/mol. The van der Waals surface area contributed by atoms with Gasteiger partial charge in [0.1, 0.15) is 24.4 Å². The number of hydrogen-bond donors (Lipinski definition) is 3. The predicted molar refractivity (Wildman–Crippen MR) is 105 cm³/mol. The average Bonchev–Trinajstić information content (AvgIpc) is 2.64. The lowest BCUT2D eigenvalue weighted by molar-refractivity contribution is -0.339. The van der Waals surface area contributed by atoms with Gasteiger partial charge in [-0.2, -0.15) is 0 Å². The Morgan fingerprint density at radius 2 is 1.68 bits per heavy atom. The molecule has 2 saturated heterocycles. The number of nitrogens with one attached hydrogen (secondary N) is 1. The summed E-state index contributed by atoms with van der Waals surface area (Å²) in [6.07, 6.45) is -2.37. The van der Waals surface area contributed by atoms with Crippen LogP contribution in [0.4, 0.5) is 0 Å². The Balaban J connectivity index is 2.01. The molecule has 3 N–H and O–H groups in total. The predicted octanol–water partition coefficient (Wildman–Crippen LogP) is 0.680. The molecule has 0 bridgehead atoms. The highest BCUT2D eigenvalue weighted by Gasteiger charge is 2.59. The second-order valence-electron chi connectivity index (χ2n) is 8.64. The van der Waals surface area contributed by atoms with Crippen molar-refractivity contribution in [3.8, 4) is 0 Å². The van der Waals surface area contributed by atoms with Crippen molar-refractivity contribution in [3.05, 3.63) is 35.9 Å². The number of hydrogen-bond acceptors (Lipinski definition) is 6. The minimum absolute atomic E-state index is 0.214. The van der Waals surface area contributed by atoms with Crippen molar-refractivity contribution in [1.82, 2.24) is 10.2 Å². The number of carbonyl (C=O) groups excluding carboxylic acids is 1. The van der Waals surface area contributed by atoms with Crippen LogP contribution in [0.2, 0.25) is 0 Å². The van der Waals surface area contributed by atoms with Gasteiger partial charge in [-0.05, 0) is 33.3 Å². The van der Waals surface area contributed by atoms with Crippen LogP contribution in [0.3, 0.4) is 0 Å². The monoisotopic (exact) mass is 392 g/mol. The molecule has 28 heavy (non-hydrogen) atoms. The molecule has 2 aliphatic rings. The summed E-state index contributed by atoms with van der Waals surface area (Å²) in [6, 6.07) is 8.33. The Morgan fingerprint density at radius 1 is 1.11 bits per heavy atom. The minimum Gasteiger partial charge on any atom is -0.395 e. The standard InChI is InChI=1S/C21H32N2O5/c1-20(2)21(3,4)28-18-16(25)15(19(26)22-5)23(14(12-24)17(18)27-20)11-13-9-7-6-8-10-13/h6-10,14-18,24-25H,11-12H2,1-5H3,(H,22,26)/t14-,15+,16-,17-,18-/m1/s1. The molecule has 1 amide bonds. The van der Waals surface area contributed by atoms with E-state index in [0.29, 0.717) is 6.54 Å². The smallest absolute Gasteiger partial charge is 0.239 e. The first-order valence-corrected chi connectivity index (χ1v) is 9.79. The number of likely N-dealkylation sites (tertiary alicyclic amines) is 1. The molecule has 2 heterocycles. The highest BCUT2D eigenvalue weighted by atomic mass is 16.6. The number of benzene rings is 1. The maximum atomic E-state index is 12.7. The van der Waals surface area contributed by atoms with E-state index in [0.717, 1.165) is 5.56 Å². The number of carbonyl (C=O) groups is 1. The number of amides is 1. The molecular formula is C21H32N2O5. The number of fused-ring (bicyclic) bond motifs is 1. The highest BCUT2D eigenvalue weighted by molar-refractivity contribution is 5.82. The average molecular weight is 392 g/mol.